The third kappa shape index (κ3) is 3.88. The van der Waals surface area contributed by atoms with Crippen molar-refractivity contribution in [3.05, 3.63) is 27.7 Å². The molecule has 1 unspecified atom stereocenters. The summed E-state index contributed by atoms with van der Waals surface area (Å²) < 4.78 is 31.8. The molecular weight excluding hydrogens is 337 g/mol. The summed E-state index contributed by atoms with van der Waals surface area (Å²) in [6, 6.07) is 2.43. The minimum atomic E-state index is -3.80. The van der Waals surface area contributed by atoms with Crippen molar-refractivity contribution in [1.82, 2.24) is 4.31 Å². The van der Waals surface area contributed by atoms with Crippen molar-refractivity contribution in [2.24, 2.45) is 0 Å². The molecule has 5 nitrogen and oxygen atoms in total. The van der Waals surface area contributed by atoms with Crippen molar-refractivity contribution in [3.8, 4) is 0 Å². The first-order chi connectivity index (χ1) is 9.81. The van der Waals surface area contributed by atoms with Crippen molar-refractivity contribution < 1.29 is 18.3 Å². The first kappa shape index (κ1) is 18.7. The van der Waals surface area contributed by atoms with Crippen molar-refractivity contribution >= 4 is 33.2 Å². The number of aliphatic hydroxyl groups excluding tert-OH is 1. The van der Waals surface area contributed by atoms with Gasteiger partial charge in [0.1, 0.15) is 4.90 Å². The lowest BCUT2D eigenvalue weighted by molar-refractivity contribution is 0.142. The summed E-state index contributed by atoms with van der Waals surface area (Å²) >= 11 is 12.0. The monoisotopic (exact) mass is 355 g/mol. The molecule has 0 saturated carbocycles. The average Bonchev–Trinajstić information content (AvgIpc) is 2.39. The molecule has 0 heterocycles. The zero-order chi connectivity index (χ0) is 16.2. The maximum Gasteiger partial charge on any atom is 0.244 e. The van der Waals surface area contributed by atoms with E-state index in [1.54, 1.807) is 13.8 Å². The van der Waals surface area contributed by atoms with Crippen LogP contribution in [0.5, 0.6) is 0 Å². The highest BCUT2D eigenvalue weighted by atomic mass is 35.5. The van der Waals surface area contributed by atoms with Crippen LogP contribution >= 0.6 is 23.2 Å². The molecule has 0 bridgehead atoms. The Labute approximate surface area is 135 Å². The van der Waals surface area contributed by atoms with Gasteiger partial charge in [-0.2, -0.15) is 4.31 Å². The Hall–Kier alpha value is -0.370. The number of hydrogen-bond acceptors (Lipinski definition) is 4. The number of ether oxygens (including phenoxy) is 1. The van der Waals surface area contributed by atoms with Gasteiger partial charge in [0.15, 0.2) is 0 Å². The third-order valence-corrected chi connectivity index (χ3v) is 6.14. The Balaban J connectivity index is 3.36. The first-order valence-electron chi connectivity index (χ1n) is 6.39. The fraction of sp³-hybridized carbons (Fsp3) is 0.538. The number of nitrogens with zero attached hydrogens (tertiary/aromatic N) is 1. The number of methoxy groups -OCH3 is 1. The van der Waals surface area contributed by atoms with Crippen LogP contribution in [0.4, 0.5) is 0 Å². The van der Waals surface area contributed by atoms with Crippen molar-refractivity contribution in [2.45, 2.75) is 31.4 Å². The number of benzene rings is 1. The van der Waals surface area contributed by atoms with E-state index in [4.69, 9.17) is 27.9 Å². The van der Waals surface area contributed by atoms with E-state index in [0.29, 0.717) is 0 Å². The molecular formula is C13H19Cl2NO4S. The molecule has 0 radical (unpaired) electrons. The number of sulfonamides is 1. The Morgan fingerprint density at radius 1 is 1.38 bits per heavy atom. The van der Waals surface area contributed by atoms with E-state index in [-0.39, 0.29) is 39.7 Å². The number of aliphatic hydroxyl groups is 1. The topological polar surface area (TPSA) is 66.8 Å². The van der Waals surface area contributed by atoms with E-state index in [1.807, 2.05) is 0 Å². The van der Waals surface area contributed by atoms with Gasteiger partial charge in [0.2, 0.25) is 10.0 Å². The van der Waals surface area contributed by atoms with Crippen LogP contribution in [0.3, 0.4) is 0 Å². The lowest BCUT2D eigenvalue weighted by atomic mass is 10.2. The molecule has 0 aliphatic heterocycles. The van der Waals surface area contributed by atoms with E-state index in [1.165, 1.54) is 23.5 Å². The highest BCUT2D eigenvalue weighted by Gasteiger charge is 2.30. The van der Waals surface area contributed by atoms with E-state index >= 15 is 0 Å². The number of halogens is 2. The Morgan fingerprint density at radius 3 is 2.48 bits per heavy atom. The quantitative estimate of drug-likeness (QED) is 0.815. The fourth-order valence-electron chi connectivity index (χ4n) is 2.09. The van der Waals surface area contributed by atoms with Gasteiger partial charge in [0.25, 0.3) is 0 Å². The van der Waals surface area contributed by atoms with E-state index < -0.39 is 16.6 Å². The smallest absolute Gasteiger partial charge is 0.244 e. The maximum atomic E-state index is 12.7. The highest BCUT2D eigenvalue weighted by molar-refractivity contribution is 7.89. The minimum Gasteiger partial charge on any atom is -0.392 e. The fourth-order valence-corrected chi connectivity index (χ4v) is 4.59. The molecule has 0 aliphatic carbocycles. The van der Waals surface area contributed by atoms with Crippen molar-refractivity contribution in [3.63, 3.8) is 0 Å². The molecule has 21 heavy (non-hydrogen) atoms. The molecule has 0 saturated heterocycles. The molecule has 1 rings (SSSR count). The van der Waals surface area contributed by atoms with Gasteiger partial charge in [0.05, 0.1) is 18.2 Å². The van der Waals surface area contributed by atoms with Crippen LogP contribution in [-0.2, 0) is 21.4 Å². The predicted octanol–water partition coefficient (Wildman–Crippen LogP) is 2.53. The Bertz CT molecular complexity index is 592. The maximum absolute atomic E-state index is 12.7. The van der Waals surface area contributed by atoms with Gasteiger partial charge in [-0.25, -0.2) is 8.42 Å². The van der Waals surface area contributed by atoms with Crippen LogP contribution < -0.4 is 0 Å². The van der Waals surface area contributed by atoms with Crippen LogP contribution in [-0.4, -0.2) is 44.1 Å². The Kier molecular flexibility index (Phi) is 6.90. The van der Waals surface area contributed by atoms with Gasteiger partial charge in [-0.1, -0.05) is 30.1 Å². The second-order valence-corrected chi connectivity index (χ2v) is 7.15. The SMILES string of the molecule is CCN(C(C)COC)S(=O)(=O)c1ccc(Cl)c(CO)c1Cl. The molecule has 8 heteroatoms. The second-order valence-electron chi connectivity index (χ2n) is 4.51. The summed E-state index contributed by atoms with van der Waals surface area (Å²) in [5, 5.41) is 9.46. The largest absolute Gasteiger partial charge is 0.392 e. The number of hydrogen-bond donors (Lipinski definition) is 1. The van der Waals surface area contributed by atoms with Crippen LogP contribution in [0.15, 0.2) is 17.0 Å². The second kappa shape index (κ2) is 7.76. The van der Waals surface area contributed by atoms with Gasteiger partial charge in [0, 0.05) is 30.3 Å². The van der Waals surface area contributed by atoms with Gasteiger partial charge < -0.3 is 9.84 Å². The van der Waals surface area contributed by atoms with Gasteiger partial charge >= 0.3 is 0 Å². The molecule has 0 fully saturated rings. The third-order valence-electron chi connectivity index (χ3n) is 3.11. The lowest BCUT2D eigenvalue weighted by Crippen LogP contribution is -2.41. The number of likely N-dealkylation sites (N-methyl/N-ethyl adjacent to an activating group) is 1. The summed E-state index contributed by atoms with van der Waals surface area (Å²) in [5.41, 5.74) is 0.204. The molecule has 1 aromatic carbocycles. The van der Waals surface area contributed by atoms with Crippen molar-refractivity contribution in [2.75, 3.05) is 20.3 Å². The summed E-state index contributed by atoms with van der Waals surface area (Å²) in [7, 11) is -2.29. The van der Waals surface area contributed by atoms with Gasteiger partial charge in [-0.3, -0.25) is 0 Å². The molecule has 0 aromatic heterocycles. The van der Waals surface area contributed by atoms with Crippen LogP contribution in [0, 0.1) is 0 Å². The van der Waals surface area contributed by atoms with Gasteiger partial charge in [-0.05, 0) is 19.1 Å². The summed E-state index contributed by atoms with van der Waals surface area (Å²) in [4.78, 5) is -0.0672. The van der Waals surface area contributed by atoms with Crippen LogP contribution in [0.1, 0.15) is 19.4 Å². The van der Waals surface area contributed by atoms with Crippen LogP contribution in [0.2, 0.25) is 10.0 Å². The standard InChI is InChI=1S/C13H19Cl2NO4S/c1-4-16(9(2)8-20-3)21(18,19)12-6-5-11(14)10(7-17)13(12)15/h5-6,9,17H,4,7-8H2,1-3H3. The molecule has 0 spiro atoms. The van der Waals surface area contributed by atoms with E-state index in [9.17, 15) is 13.5 Å². The zero-order valence-electron chi connectivity index (χ0n) is 12.1. The lowest BCUT2D eigenvalue weighted by Gasteiger charge is -2.27. The first-order valence-corrected chi connectivity index (χ1v) is 8.59. The summed E-state index contributed by atoms with van der Waals surface area (Å²) in [6.45, 7) is 3.61. The van der Waals surface area contributed by atoms with E-state index in [2.05, 4.69) is 0 Å². The minimum absolute atomic E-state index is 0.0481. The molecule has 0 aliphatic rings. The molecule has 120 valence electrons. The average molecular weight is 356 g/mol. The number of rotatable bonds is 7. The van der Waals surface area contributed by atoms with E-state index in [0.717, 1.165) is 0 Å². The predicted molar refractivity (Wildman–Crippen MR) is 83.3 cm³/mol. The van der Waals surface area contributed by atoms with Crippen LogP contribution in [0.25, 0.3) is 0 Å². The molecule has 1 atom stereocenters. The molecule has 1 N–H and O–H groups in total. The molecule has 0 amide bonds. The highest BCUT2D eigenvalue weighted by Crippen LogP contribution is 2.33. The normalized spacial score (nSPS) is 13.7. The zero-order valence-corrected chi connectivity index (χ0v) is 14.5. The van der Waals surface area contributed by atoms with Gasteiger partial charge in [-0.15, -0.1) is 0 Å². The van der Waals surface area contributed by atoms with Crippen molar-refractivity contribution in [1.29, 1.82) is 0 Å². The summed E-state index contributed by atoms with van der Waals surface area (Å²) in [5.74, 6) is 0. The molecule has 1 aromatic rings. The Morgan fingerprint density at radius 2 is 2.00 bits per heavy atom. The summed E-state index contributed by atoms with van der Waals surface area (Å²) in [6.07, 6.45) is 0.